The van der Waals surface area contributed by atoms with Crippen molar-refractivity contribution >= 4 is 0 Å². The van der Waals surface area contributed by atoms with Gasteiger partial charge in [0, 0.05) is 26.2 Å². The van der Waals surface area contributed by atoms with E-state index in [2.05, 4.69) is 19.1 Å². The predicted octanol–water partition coefficient (Wildman–Crippen LogP) is 2.86. The molecule has 0 aromatic heterocycles. The van der Waals surface area contributed by atoms with Crippen LogP contribution in [0.4, 0.5) is 0 Å². The first-order chi connectivity index (χ1) is 11.0. The fraction of sp³-hybridized carbons (Fsp3) is 0.667. The summed E-state index contributed by atoms with van der Waals surface area (Å²) in [6.45, 7) is 4.14. The number of methoxy groups -OCH3 is 3. The van der Waals surface area contributed by atoms with Crippen LogP contribution in [0.2, 0.25) is 0 Å². The average Bonchev–Trinajstić information content (AvgIpc) is 2.98. The van der Waals surface area contributed by atoms with E-state index in [1.807, 2.05) is 6.92 Å². The van der Waals surface area contributed by atoms with E-state index in [9.17, 15) is 0 Å². The number of hydrogen-bond acceptors (Lipinski definition) is 5. The third-order valence-corrected chi connectivity index (χ3v) is 4.98. The molecule has 0 N–H and O–H groups in total. The standard InChI is InChI=1S/C18H26O5/c1-11-8-13(19-3)12-6-7-18(2,23-14(12)9-11)17-15(20-4)10-16(21-5)22-17/h8-9,15-17H,6-7,10H2,1-5H3/t15-,16-,17+,18-/m1/s1. The van der Waals surface area contributed by atoms with E-state index in [4.69, 9.17) is 23.7 Å². The van der Waals surface area contributed by atoms with Crippen LogP contribution in [0.1, 0.15) is 30.9 Å². The minimum absolute atomic E-state index is 0.0294. The third kappa shape index (κ3) is 2.93. The van der Waals surface area contributed by atoms with Crippen molar-refractivity contribution in [2.24, 2.45) is 0 Å². The quantitative estimate of drug-likeness (QED) is 0.853. The molecule has 0 aliphatic carbocycles. The van der Waals surface area contributed by atoms with Crippen molar-refractivity contribution < 1.29 is 23.7 Å². The fourth-order valence-electron chi connectivity index (χ4n) is 3.67. The largest absolute Gasteiger partial charge is 0.496 e. The van der Waals surface area contributed by atoms with Gasteiger partial charge in [-0.15, -0.1) is 0 Å². The zero-order valence-corrected chi connectivity index (χ0v) is 14.5. The Morgan fingerprint density at radius 3 is 2.61 bits per heavy atom. The van der Waals surface area contributed by atoms with E-state index in [1.165, 1.54) is 0 Å². The summed E-state index contributed by atoms with van der Waals surface area (Å²) in [7, 11) is 5.08. The highest BCUT2D eigenvalue weighted by atomic mass is 16.7. The molecule has 1 aromatic rings. The second kappa shape index (κ2) is 6.30. The van der Waals surface area contributed by atoms with E-state index >= 15 is 0 Å². The van der Waals surface area contributed by atoms with Gasteiger partial charge in [0.2, 0.25) is 0 Å². The zero-order valence-electron chi connectivity index (χ0n) is 14.5. The summed E-state index contributed by atoms with van der Waals surface area (Å²) in [4.78, 5) is 0. The third-order valence-electron chi connectivity index (χ3n) is 4.98. The first-order valence-corrected chi connectivity index (χ1v) is 8.08. The molecule has 5 nitrogen and oxygen atoms in total. The summed E-state index contributed by atoms with van der Waals surface area (Å²) in [6, 6.07) is 4.12. The normalized spacial score (nSPS) is 33.2. The number of hydrogen-bond donors (Lipinski definition) is 0. The molecule has 2 aliphatic heterocycles. The van der Waals surface area contributed by atoms with Crippen LogP contribution in [0.25, 0.3) is 0 Å². The fourth-order valence-corrected chi connectivity index (χ4v) is 3.67. The molecule has 0 unspecified atom stereocenters. The number of fused-ring (bicyclic) bond motifs is 1. The first kappa shape index (κ1) is 16.6. The lowest BCUT2D eigenvalue weighted by atomic mass is 9.85. The molecular formula is C18H26O5. The van der Waals surface area contributed by atoms with Crippen LogP contribution >= 0.6 is 0 Å². The summed E-state index contributed by atoms with van der Waals surface area (Å²) < 4.78 is 29.0. The molecule has 0 amide bonds. The molecule has 23 heavy (non-hydrogen) atoms. The van der Waals surface area contributed by atoms with Crippen LogP contribution in [-0.2, 0) is 20.6 Å². The van der Waals surface area contributed by atoms with Crippen LogP contribution < -0.4 is 9.47 Å². The lowest BCUT2D eigenvalue weighted by Gasteiger charge is -2.41. The van der Waals surface area contributed by atoms with Gasteiger partial charge in [0.25, 0.3) is 0 Å². The van der Waals surface area contributed by atoms with E-state index in [0.29, 0.717) is 0 Å². The van der Waals surface area contributed by atoms with Crippen LogP contribution in [0.15, 0.2) is 12.1 Å². The molecule has 5 heteroatoms. The lowest BCUT2D eigenvalue weighted by molar-refractivity contribution is -0.171. The Morgan fingerprint density at radius 2 is 1.96 bits per heavy atom. The number of benzene rings is 1. The predicted molar refractivity (Wildman–Crippen MR) is 86.2 cm³/mol. The topological polar surface area (TPSA) is 46.2 Å². The molecule has 0 spiro atoms. The Morgan fingerprint density at radius 1 is 1.17 bits per heavy atom. The molecule has 3 rings (SSSR count). The highest BCUT2D eigenvalue weighted by molar-refractivity contribution is 5.49. The van der Waals surface area contributed by atoms with Gasteiger partial charge < -0.3 is 23.7 Å². The van der Waals surface area contributed by atoms with Crippen LogP contribution in [0.5, 0.6) is 11.5 Å². The maximum atomic E-state index is 6.41. The molecule has 0 bridgehead atoms. The maximum absolute atomic E-state index is 6.41. The molecule has 1 saturated heterocycles. The van der Waals surface area contributed by atoms with Crippen LogP contribution in [-0.4, -0.2) is 45.4 Å². The molecular weight excluding hydrogens is 296 g/mol. The summed E-state index contributed by atoms with van der Waals surface area (Å²) >= 11 is 0. The molecule has 4 atom stereocenters. The monoisotopic (exact) mass is 322 g/mol. The van der Waals surface area contributed by atoms with E-state index < -0.39 is 5.60 Å². The second-order valence-corrected chi connectivity index (χ2v) is 6.59. The molecule has 1 aromatic carbocycles. The van der Waals surface area contributed by atoms with Gasteiger partial charge in [0.1, 0.15) is 23.2 Å². The Bertz CT molecular complexity index is 573. The van der Waals surface area contributed by atoms with Gasteiger partial charge in [-0.3, -0.25) is 0 Å². The molecule has 0 saturated carbocycles. The van der Waals surface area contributed by atoms with E-state index in [0.717, 1.165) is 41.9 Å². The molecule has 2 aliphatic rings. The molecule has 128 valence electrons. The van der Waals surface area contributed by atoms with Crippen molar-refractivity contribution in [3.63, 3.8) is 0 Å². The van der Waals surface area contributed by atoms with Crippen molar-refractivity contribution in [1.82, 2.24) is 0 Å². The lowest BCUT2D eigenvalue weighted by Crippen LogP contribution is -2.52. The number of ether oxygens (including phenoxy) is 5. The van der Waals surface area contributed by atoms with Gasteiger partial charge in [-0.05, 0) is 44.4 Å². The van der Waals surface area contributed by atoms with Crippen molar-refractivity contribution in [2.45, 2.75) is 57.2 Å². The van der Waals surface area contributed by atoms with Gasteiger partial charge >= 0.3 is 0 Å². The van der Waals surface area contributed by atoms with Gasteiger partial charge in [0.05, 0.1) is 13.2 Å². The van der Waals surface area contributed by atoms with Gasteiger partial charge in [0.15, 0.2) is 6.29 Å². The smallest absolute Gasteiger partial charge is 0.160 e. The highest BCUT2D eigenvalue weighted by Crippen LogP contribution is 2.44. The zero-order chi connectivity index (χ0) is 16.6. The average molecular weight is 322 g/mol. The van der Waals surface area contributed by atoms with Gasteiger partial charge in [-0.2, -0.15) is 0 Å². The van der Waals surface area contributed by atoms with Crippen molar-refractivity contribution in [3.8, 4) is 11.5 Å². The summed E-state index contributed by atoms with van der Waals surface area (Å²) in [5.74, 6) is 1.78. The maximum Gasteiger partial charge on any atom is 0.160 e. The van der Waals surface area contributed by atoms with E-state index in [-0.39, 0.29) is 18.5 Å². The summed E-state index contributed by atoms with van der Waals surface area (Å²) in [5, 5.41) is 0. The molecule has 2 heterocycles. The Balaban J connectivity index is 1.89. The minimum Gasteiger partial charge on any atom is -0.496 e. The van der Waals surface area contributed by atoms with E-state index in [1.54, 1.807) is 21.3 Å². The Hall–Kier alpha value is -1.30. The minimum atomic E-state index is -0.445. The molecule has 0 radical (unpaired) electrons. The summed E-state index contributed by atoms with van der Waals surface area (Å²) in [6.07, 6.45) is 2.04. The van der Waals surface area contributed by atoms with Crippen molar-refractivity contribution in [1.29, 1.82) is 0 Å². The van der Waals surface area contributed by atoms with Gasteiger partial charge in [-0.25, -0.2) is 0 Å². The Kier molecular flexibility index (Phi) is 4.54. The Labute approximate surface area is 137 Å². The second-order valence-electron chi connectivity index (χ2n) is 6.59. The van der Waals surface area contributed by atoms with Crippen LogP contribution in [0, 0.1) is 6.92 Å². The summed E-state index contributed by atoms with van der Waals surface area (Å²) in [5.41, 5.74) is 1.81. The first-order valence-electron chi connectivity index (χ1n) is 8.08. The molecule has 1 fully saturated rings. The number of aryl methyl sites for hydroxylation is 1. The van der Waals surface area contributed by atoms with Crippen molar-refractivity contribution in [2.75, 3.05) is 21.3 Å². The van der Waals surface area contributed by atoms with Crippen LogP contribution in [0.3, 0.4) is 0 Å². The van der Waals surface area contributed by atoms with Crippen molar-refractivity contribution in [3.05, 3.63) is 23.3 Å². The SMILES string of the molecule is COc1cc(C)cc2c1CC[C@](C)([C@H]1O[C@@H](OC)C[C@H]1OC)O2. The number of rotatable bonds is 4. The highest BCUT2D eigenvalue weighted by Gasteiger charge is 2.50. The van der Waals surface area contributed by atoms with Gasteiger partial charge in [-0.1, -0.05) is 0 Å².